The molecule has 1 N–H and O–H groups in total. The predicted octanol–water partition coefficient (Wildman–Crippen LogP) is 3.12. The first kappa shape index (κ1) is 16.0. The molecule has 0 heterocycles. The van der Waals surface area contributed by atoms with Gasteiger partial charge >= 0.3 is 0 Å². The first-order chi connectivity index (χ1) is 10.1. The molecule has 0 atom stereocenters. The molecule has 1 saturated carbocycles. The van der Waals surface area contributed by atoms with Crippen LogP contribution in [-0.2, 0) is 11.3 Å². The van der Waals surface area contributed by atoms with E-state index in [2.05, 4.69) is 43.2 Å². The van der Waals surface area contributed by atoms with E-state index in [-0.39, 0.29) is 5.91 Å². The molecule has 0 radical (unpaired) electrons. The molecule has 1 aliphatic rings. The Morgan fingerprint density at radius 1 is 1.24 bits per heavy atom. The Morgan fingerprint density at radius 2 is 1.90 bits per heavy atom. The second kappa shape index (κ2) is 7.60. The number of amides is 1. The van der Waals surface area contributed by atoms with E-state index < -0.39 is 0 Å². The summed E-state index contributed by atoms with van der Waals surface area (Å²) in [4.78, 5) is 14.3. The van der Waals surface area contributed by atoms with Crippen LogP contribution in [0.3, 0.4) is 0 Å². The largest absolute Gasteiger partial charge is 0.351 e. The van der Waals surface area contributed by atoms with Crippen molar-refractivity contribution in [3.8, 4) is 0 Å². The summed E-state index contributed by atoms with van der Waals surface area (Å²) in [6.07, 6.45) is 5.03. The lowest BCUT2D eigenvalue weighted by Gasteiger charge is -2.33. The van der Waals surface area contributed by atoms with Crippen LogP contribution in [-0.4, -0.2) is 30.4 Å². The highest BCUT2D eigenvalue weighted by molar-refractivity contribution is 5.78. The highest BCUT2D eigenvalue weighted by atomic mass is 16.2. The van der Waals surface area contributed by atoms with Crippen molar-refractivity contribution in [1.29, 1.82) is 0 Å². The van der Waals surface area contributed by atoms with Gasteiger partial charge in [0.15, 0.2) is 0 Å². The number of carbonyl (C=O) groups is 1. The van der Waals surface area contributed by atoms with Crippen molar-refractivity contribution in [2.75, 3.05) is 13.6 Å². The zero-order valence-electron chi connectivity index (χ0n) is 13.6. The quantitative estimate of drug-likeness (QED) is 0.903. The number of likely N-dealkylation sites (N-methyl/N-ethyl adjacent to an activating group) is 1. The van der Waals surface area contributed by atoms with Crippen molar-refractivity contribution in [2.24, 2.45) is 5.92 Å². The Kier molecular flexibility index (Phi) is 5.80. The summed E-state index contributed by atoms with van der Waals surface area (Å²) in [6.45, 7) is 5.54. The molecule has 0 unspecified atom stereocenters. The van der Waals surface area contributed by atoms with Gasteiger partial charge in [0, 0.05) is 12.6 Å². The molecule has 1 aromatic carbocycles. The van der Waals surface area contributed by atoms with Crippen LogP contribution in [0.15, 0.2) is 24.3 Å². The normalized spacial score (nSPS) is 22.3. The minimum Gasteiger partial charge on any atom is -0.351 e. The smallest absolute Gasteiger partial charge is 0.234 e. The van der Waals surface area contributed by atoms with Crippen LogP contribution in [0.4, 0.5) is 0 Å². The van der Waals surface area contributed by atoms with Crippen LogP contribution < -0.4 is 5.32 Å². The predicted molar refractivity (Wildman–Crippen MR) is 87.1 cm³/mol. The Labute approximate surface area is 128 Å². The molecule has 2 rings (SSSR count). The fraction of sp³-hybridized carbons (Fsp3) is 0.611. The van der Waals surface area contributed by atoms with E-state index >= 15 is 0 Å². The van der Waals surface area contributed by atoms with Crippen LogP contribution in [0, 0.1) is 12.8 Å². The summed E-state index contributed by atoms with van der Waals surface area (Å²) >= 11 is 0. The molecule has 21 heavy (non-hydrogen) atoms. The van der Waals surface area contributed by atoms with Crippen molar-refractivity contribution >= 4 is 5.91 Å². The molecule has 1 amide bonds. The van der Waals surface area contributed by atoms with Gasteiger partial charge in [-0.05, 0) is 56.7 Å². The Balaban J connectivity index is 1.75. The molecule has 0 saturated heterocycles. The van der Waals surface area contributed by atoms with Crippen molar-refractivity contribution in [2.45, 2.75) is 52.1 Å². The molecule has 116 valence electrons. The number of hydrogen-bond acceptors (Lipinski definition) is 2. The molecule has 0 aliphatic heterocycles. The maximum Gasteiger partial charge on any atom is 0.234 e. The summed E-state index contributed by atoms with van der Waals surface area (Å²) in [5, 5.41) is 3.04. The number of hydrogen-bond donors (Lipinski definition) is 1. The topological polar surface area (TPSA) is 32.3 Å². The van der Waals surface area contributed by atoms with Crippen molar-refractivity contribution in [1.82, 2.24) is 10.2 Å². The zero-order valence-corrected chi connectivity index (χ0v) is 13.6. The average molecular weight is 288 g/mol. The number of rotatable bonds is 5. The highest BCUT2D eigenvalue weighted by Crippen LogP contribution is 2.26. The monoisotopic (exact) mass is 288 g/mol. The van der Waals surface area contributed by atoms with E-state index in [1.165, 1.54) is 36.8 Å². The summed E-state index contributed by atoms with van der Waals surface area (Å²) in [6, 6.07) is 8.77. The Morgan fingerprint density at radius 3 is 2.57 bits per heavy atom. The van der Waals surface area contributed by atoms with Crippen molar-refractivity contribution in [3.05, 3.63) is 35.4 Å². The molecule has 1 fully saturated rings. The van der Waals surface area contributed by atoms with E-state index in [4.69, 9.17) is 0 Å². The van der Waals surface area contributed by atoms with Crippen molar-refractivity contribution < 1.29 is 4.79 Å². The standard InChI is InChI=1S/C18H28N2O/c1-14-8-10-17(11-9-14)20(3)13-18(21)19-12-16-7-5-4-6-15(16)2/h4-7,14,17H,8-13H2,1-3H3,(H,19,21). The lowest BCUT2D eigenvalue weighted by molar-refractivity contribution is -0.122. The second-order valence-corrected chi connectivity index (χ2v) is 6.53. The zero-order chi connectivity index (χ0) is 15.2. The maximum atomic E-state index is 12.1. The Bertz CT molecular complexity index is 464. The lowest BCUT2D eigenvalue weighted by atomic mass is 9.87. The van der Waals surface area contributed by atoms with E-state index in [9.17, 15) is 4.79 Å². The Hall–Kier alpha value is -1.35. The molecule has 1 aromatic rings. The van der Waals surface area contributed by atoms with E-state index in [0.717, 1.165) is 5.92 Å². The van der Waals surface area contributed by atoms with E-state index in [1.807, 2.05) is 12.1 Å². The molecule has 3 heteroatoms. The summed E-state index contributed by atoms with van der Waals surface area (Å²) < 4.78 is 0. The summed E-state index contributed by atoms with van der Waals surface area (Å²) in [7, 11) is 2.08. The van der Waals surface area contributed by atoms with Gasteiger partial charge in [0.1, 0.15) is 0 Å². The number of nitrogens with one attached hydrogen (secondary N) is 1. The van der Waals surface area contributed by atoms with Crippen LogP contribution in [0.2, 0.25) is 0 Å². The first-order valence-electron chi connectivity index (χ1n) is 8.07. The molecule has 3 nitrogen and oxygen atoms in total. The maximum absolute atomic E-state index is 12.1. The van der Waals surface area contributed by atoms with Crippen LogP contribution in [0.1, 0.15) is 43.7 Å². The fourth-order valence-corrected chi connectivity index (χ4v) is 3.10. The number of aryl methyl sites for hydroxylation is 1. The minimum atomic E-state index is 0.124. The summed E-state index contributed by atoms with van der Waals surface area (Å²) in [5.74, 6) is 0.976. The SMILES string of the molecule is Cc1ccccc1CNC(=O)CN(C)C1CCC(C)CC1. The molecule has 0 spiro atoms. The van der Waals surface area contributed by atoms with E-state index in [1.54, 1.807) is 0 Å². The average Bonchev–Trinajstić information content (AvgIpc) is 2.47. The molecule has 1 aliphatic carbocycles. The van der Waals surface area contributed by atoms with Gasteiger partial charge in [0.2, 0.25) is 5.91 Å². The highest BCUT2D eigenvalue weighted by Gasteiger charge is 2.22. The van der Waals surface area contributed by atoms with Crippen LogP contribution in [0.5, 0.6) is 0 Å². The number of nitrogens with zero attached hydrogens (tertiary/aromatic N) is 1. The van der Waals surface area contributed by atoms with Gasteiger partial charge in [-0.3, -0.25) is 9.69 Å². The van der Waals surface area contributed by atoms with Gasteiger partial charge in [-0.25, -0.2) is 0 Å². The van der Waals surface area contributed by atoms with Gasteiger partial charge in [-0.15, -0.1) is 0 Å². The van der Waals surface area contributed by atoms with Gasteiger partial charge in [0.25, 0.3) is 0 Å². The third-order valence-electron chi connectivity index (χ3n) is 4.74. The second-order valence-electron chi connectivity index (χ2n) is 6.53. The van der Waals surface area contributed by atoms with Crippen LogP contribution in [0.25, 0.3) is 0 Å². The first-order valence-corrected chi connectivity index (χ1v) is 8.07. The van der Waals surface area contributed by atoms with Gasteiger partial charge in [-0.2, -0.15) is 0 Å². The molecule has 0 aromatic heterocycles. The minimum absolute atomic E-state index is 0.124. The molecular weight excluding hydrogens is 260 g/mol. The van der Waals surface area contributed by atoms with Gasteiger partial charge in [0.05, 0.1) is 6.54 Å². The third-order valence-corrected chi connectivity index (χ3v) is 4.74. The van der Waals surface area contributed by atoms with Gasteiger partial charge < -0.3 is 5.32 Å². The third kappa shape index (κ3) is 4.85. The summed E-state index contributed by atoms with van der Waals surface area (Å²) in [5.41, 5.74) is 2.42. The molecular formula is C18H28N2O. The van der Waals surface area contributed by atoms with E-state index in [0.29, 0.717) is 19.1 Å². The van der Waals surface area contributed by atoms with Gasteiger partial charge in [-0.1, -0.05) is 31.2 Å². The van der Waals surface area contributed by atoms with Crippen molar-refractivity contribution in [3.63, 3.8) is 0 Å². The van der Waals surface area contributed by atoms with Crippen LogP contribution >= 0.6 is 0 Å². The number of benzene rings is 1. The molecule has 0 bridgehead atoms. The number of carbonyl (C=O) groups excluding carboxylic acids is 1. The fourth-order valence-electron chi connectivity index (χ4n) is 3.10. The lowest BCUT2D eigenvalue weighted by Crippen LogP contribution is -2.41.